The molecule has 8 nitrogen and oxygen atoms in total. The van der Waals surface area contributed by atoms with E-state index < -0.39 is 10.0 Å². The number of rotatable bonds is 7. The molecule has 0 aliphatic carbocycles. The van der Waals surface area contributed by atoms with Crippen molar-refractivity contribution in [1.29, 1.82) is 0 Å². The average molecular weight is 460 g/mol. The molecule has 1 aliphatic rings. The Morgan fingerprint density at radius 1 is 1.06 bits per heavy atom. The highest BCUT2D eigenvalue weighted by atomic mass is 32.2. The summed E-state index contributed by atoms with van der Waals surface area (Å²) in [7, 11) is -3.63. The molecule has 164 valence electrons. The number of sulfonamides is 1. The van der Waals surface area contributed by atoms with Gasteiger partial charge in [0.25, 0.3) is 0 Å². The summed E-state index contributed by atoms with van der Waals surface area (Å²) in [6.45, 7) is 4.52. The van der Waals surface area contributed by atoms with Gasteiger partial charge in [-0.15, -0.1) is 0 Å². The SMILES string of the molecule is CC(NC(=O)CCN1CCN(S(=O)(=O)c2cccc3nsnc23)CC1)c1ccccc1. The van der Waals surface area contributed by atoms with Crippen LogP contribution in [0.3, 0.4) is 0 Å². The van der Waals surface area contributed by atoms with Crippen molar-refractivity contribution in [3.8, 4) is 0 Å². The van der Waals surface area contributed by atoms with E-state index in [1.54, 1.807) is 18.2 Å². The van der Waals surface area contributed by atoms with Crippen molar-refractivity contribution in [2.75, 3.05) is 32.7 Å². The van der Waals surface area contributed by atoms with Gasteiger partial charge in [0, 0.05) is 39.1 Å². The molecule has 4 rings (SSSR count). The zero-order chi connectivity index (χ0) is 21.8. The normalized spacial score (nSPS) is 16.9. The summed E-state index contributed by atoms with van der Waals surface area (Å²) in [5, 5.41) is 3.02. The highest BCUT2D eigenvalue weighted by molar-refractivity contribution is 7.89. The van der Waals surface area contributed by atoms with Crippen LogP contribution in [0, 0.1) is 0 Å². The number of hydrogen-bond acceptors (Lipinski definition) is 7. The minimum Gasteiger partial charge on any atom is -0.350 e. The fourth-order valence-corrected chi connectivity index (χ4v) is 5.90. The second kappa shape index (κ2) is 9.39. The van der Waals surface area contributed by atoms with Crippen LogP contribution in [0.2, 0.25) is 0 Å². The second-order valence-electron chi connectivity index (χ2n) is 7.58. The van der Waals surface area contributed by atoms with Crippen LogP contribution in [0.4, 0.5) is 0 Å². The van der Waals surface area contributed by atoms with Crippen molar-refractivity contribution < 1.29 is 13.2 Å². The van der Waals surface area contributed by atoms with Gasteiger partial charge in [-0.05, 0) is 24.6 Å². The summed E-state index contributed by atoms with van der Waals surface area (Å²) in [4.78, 5) is 14.7. The Morgan fingerprint density at radius 2 is 1.81 bits per heavy atom. The summed E-state index contributed by atoms with van der Waals surface area (Å²) >= 11 is 1.01. The van der Waals surface area contributed by atoms with Gasteiger partial charge in [0.1, 0.15) is 15.9 Å². The molecule has 2 aromatic carbocycles. The lowest BCUT2D eigenvalue weighted by molar-refractivity contribution is -0.122. The van der Waals surface area contributed by atoms with Crippen molar-refractivity contribution in [1.82, 2.24) is 23.3 Å². The summed E-state index contributed by atoms with van der Waals surface area (Å²) in [6, 6.07) is 14.9. The Labute approximate surface area is 186 Å². The third-order valence-electron chi connectivity index (χ3n) is 5.53. The monoisotopic (exact) mass is 459 g/mol. The number of nitrogens with one attached hydrogen (secondary N) is 1. The van der Waals surface area contributed by atoms with Crippen molar-refractivity contribution >= 4 is 38.7 Å². The second-order valence-corrected chi connectivity index (χ2v) is 10.0. The van der Waals surface area contributed by atoms with Crippen molar-refractivity contribution in [2.24, 2.45) is 0 Å². The molecule has 10 heteroatoms. The number of benzene rings is 2. The van der Waals surface area contributed by atoms with E-state index in [0.29, 0.717) is 50.2 Å². The quantitative estimate of drug-likeness (QED) is 0.582. The van der Waals surface area contributed by atoms with Gasteiger partial charge in [-0.2, -0.15) is 13.1 Å². The molecular formula is C21H25N5O3S2. The number of aromatic nitrogens is 2. The van der Waals surface area contributed by atoms with Crippen LogP contribution in [0.25, 0.3) is 11.0 Å². The minimum absolute atomic E-state index is 0.00545. The van der Waals surface area contributed by atoms with Gasteiger partial charge in [0.15, 0.2) is 0 Å². The molecule has 1 amide bonds. The number of piperazine rings is 1. The first-order chi connectivity index (χ1) is 14.9. The van der Waals surface area contributed by atoms with E-state index in [-0.39, 0.29) is 16.8 Å². The van der Waals surface area contributed by atoms with Gasteiger partial charge in [-0.3, -0.25) is 4.79 Å². The standard InChI is InChI=1S/C21H25N5O3S2/c1-16(17-6-3-2-4-7-17)22-20(27)10-11-25-12-14-26(15-13-25)31(28,29)19-9-5-8-18-21(19)24-30-23-18/h2-9,16H,10-15H2,1H3,(H,22,27). The molecule has 0 bridgehead atoms. The van der Waals surface area contributed by atoms with Crippen LogP contribution in [0.1, 0.15) is 24.9 Å². The minimum atomic E-state index is -3.63. The molecule has 0 spiro atoms. The van der Waals surface area contributed by atoms with Crippen LogP contribution in [0.15, 0.2) is 53.4 Å². The Morgan fingerprint density at radius 3 is 2.55 bits per heavy atom. The predicted molar refractivity (Wildman–Crippen MR) is 120 cm³/mol. The molecule has 1 aromatic heterocycles. The summed E-state index contributed by atoms with van der Waals surface area (Å²) in [5.74, 6) is -0.00545. The number of fused-ring (bicyclic) bond motifs is 1. The number of hydrogen-bond donors (Lipinski definition) is 1. The highest BCUT2D eigenvalue weighted by Crippen LogP contribution is 2.25. The van der Waals surface area contributed by atoms with Gasteiger partial charge >= 0.3 is 0 Å². The molecule has 0 saturated carbocycles. The first-order valence-corrected chi connectivity index (χ1v) is 12.4. The molecule has 3 aromatic rings. The maximum absolute atomic E-state index is 13.1. The van der Waals surface area contributed by atoms with Crippen molar-refractivity contribution in [3.05, 3.63) is 54.1 Å². The highest BCUT2D eigenvalue weighted by Gasteiger charge is 2.30. The Balaban J connectivity index is 1.29. The number of nitrogens with zero attached hydrogens (tertiary/aromatic N) is 4. The maximum Gasteiger partial charge on any atom is 0.245 e. The van der Waals surface area contributed by atoms with Gasteiger partial charge in [0.05, 0.1) is 17.8 Å². The molecule has 1 fully saturated rings. The Hall–Kier alpha value is -2.40. The zero-order valence-corrected chi connectivity index (χ0v) is 18.9. The van der Waals surface area contributed by atoms with Gasteiger partial charge < -0.3 is 10.2 Å². The number of carbonyl (C=O) groups excluding carboxylic acids is 1. The molecule has 1 saturated heterocycles. The van der Waals surface area contributed by atoms with Crippen molar-refractivity contribution in [2.45, 2.75) is 24.3 Å². The van der Waals surface area contributed by atoms with Crippen LogP contribution in [-0.2, 0) is 14.8 Å². The molecule has 0 radical (unpaired) electrons. The lowest BCUT2D eigenvalue weighted by Gasteiger charge is -2.33. The van der Waals surface area contributed by atoms with Crippen LogP contribution in [-0.4, -0.2) is 65.0 Å². The van der Waals surface area contributed by atoms with E-state index in [1.165, 1.54) is 4.31 Å². The summed E-state index contributed by atoms with van der Waals surface area (Å²) in [5.41, 5.74) is 2.10. The summed E-state index contributed by atoms with van der Waals surface area (Å²) in [6.07, 6.45) is 0.383. The third-order valence-corrected chi connectivity index (χ3v) is 8.00. The smallest absolute Gasteiger partial charge is 0.245 e. The molecular weight excluding hydrogens is 434 g/mol. The van der Waals surface area contributed by atoms with Crippen LogP contribution in [0.5, 0.6) is 0 Å². The zero-order valence-electron chi connectivity index (χ0n) is 17.3. The van der Waals surface area contributed by atoms with E-state index in [9.17, 15) is 13.2 Å². The first-order valence-electron chi connectivity index (χ1n) is 10.2. The first kappa shape index (κ1) is 21.8. The Bertz CT molecular complexity index is 1140. The predicted octanol–water partition coefficient (Wildman–Crippen LogP) is 2.27. The van der Waals surface area contributed by atoms with Gasteiger partial charge in [-0.25, -0.2) is 8.42 Å². The molecule has 1 unspecified atom stereocenters. The Kier molecular flexibility index (Phi) is 6.61. The van der Waals surface area contributed by atoms with E-state index in [2.05, 4.69) is 19.0 Å². The van der Waals surface area contributed by atoms with E-state index in [1.807, 2.05) is 37.3 Å². The largest absolute Gasteiger partial charge is 0.350 e. The van der Waals surface area contributed by atoms with E-state index in [4.69, 9.17) is 0 Å². The van der Waals surface area contributed by atoms with E-state index in [0.717, 1.165) is 17.3 Å². The fourth-order valence-electron chi connectivity index (χ4n) is 3.72. The molecule has 2 heterocycles. The lowest BCUT2D eigenvalue weighted by atomic mass is 10.1. The third kappa shape index (κ3) is 4.93. The fraction of sp³-hybridized carbons (Fsp3) is 0.381. The van der Waals surface area contributed by atoms with Gasteiger partial charge in [-0.1, -0.05) is 36.4 Å². The van der Waals surface area contributed by atoms with Crippen molar-refractivity contribution in [3.63, 3.8) is 0 Å². The maximum atomic E-state index is 13.1. The topological polar surface area (TPSA) is 95.5 Å². The molecule has 1 N–H and O–H groups in total. The number of amides is 1. The molecule has 31 heavy (non-hydrogen) atoms. The molecule has 1 atom stereocenters. The lowest BCUT2D eigenvalue weighted by Crippen LogP contribution is -2.49. The summed E-state index contributed by atoms with van der Waals surface area (Å²) < 4.78 is 36.0. The van der Waals surface area contributed by atoms with Gasteiger partial charge in [0.2, 0.25) is 15.9 Å². The van der Waals surface area contributed by atoms with E-state index >= 15 is 0 Å². The average Bonchev–Trinajstić information content (AvgIpc) is 3.27. The number of carbonyl (C=O) groups is 1. The van der Waals surface area contributed by atoms with Crippen LogP contribution < -0.4 is 5.32 Å². The molecule has 1 aliphatic heterocycles. The van der Waals surface area contributed by atoms with Crippen LogP contribution >= 0.6 is 11.7 Å².